The van der Waals surface area contributed by atoms with E-state index in [0.717, 1.165) is 10.4 Å². The fraction of sp³-hybridized carbons (Fsp3) is 0.250. The normalized spacial score (nSPS) is 11.2. The quantitative estimate of drug-likeness (QED) is 0.276. The molecule has 0 saturated heterocycles. The van der Waals surface area contributed by atoms with E-state index in [0.29, 0.717) is 44.3 Å². The highest BCUT2D eigenvalue weighted by atomic mass is 32.2. The molecule has 158 valence electrons. The second-order valence-electron chi connectivity index (χ2n) is 6.30. The van der Waals surface area contributed by atoms with Crippen molar-refractivity contribution in [2.24, 2.45) is 0 Å². The topological polar surface area (TPSA) is 64.0 Å². The van der Waals surface area contributed by atoms with Gasteiger partial charge in [0.05, 0.1) is 11.1 Å². The average molecular weight is 468 g/mol. The van der Waals surface area contributed by atoms with Gasteiger partial charge in [-0.1, -0.05) is 29.6 Å². The lowest BCUT2D eigenvalue weighted by molar-refractivity contribution is -0.113. The maximum atomic E-state index is 12.9. The number of thiophene rings is 1. The van der Waals surface area contributed by atoms with Crippen molar-refractivity contribution in [3.63, 3.8) is 0 Å². The van der Waals surface area contributed by atoms with Crippen LogP contribution in [-0.4, -0.2) is 27.0 Å². The van der Waals surface area contributed by atoms with E-state index in [1.165, 1.54) is 39.8 Å². The Kier molecular flexibility index (Phi) is 7.32. The molecule has 0 aliphatic carbocycles. The minimum atomic E-state index is -2.49. The van der Waals surface area contributed by atoms with Gasteiger partial charge in [-0.15, -0.1) is 17.9 Å². The smallest absolute Gasteiger partial charge is 0.288 e. The molecule has 2 aromatic heterocycles. The van der Waals surface area contributed by atoms with E-state index in [2.05, 4.69) is 16.9 Å². The summed E-state index contributed by atoms with van der Waals surface area (Å²) in [5.74, 6) is -2.73. The van der Waals surface area contributed by atoms with Crippen LogP contribution in [0.15, 0.2) is 51.8 Å². The van der Waals surface area contributed by atoms with Gasteiger partial charge in [-0.25, -0.2) is 4.98 Å². The summed E-state index contributed by atoms with van der Waals surface area (Å²) < 4.78 is 26.3. The zero-order valence-electron chi connectivity index (χ0n) is 16.3. The number of fused-ring (bicyclic) bond motifs is 1. The van der Waals surface area contributed by atoms with Crippen LogP contribution in [0.25, 0.3) is 10.2 Å². The van der Waals surface area contributed by atoms with Gasteiger partial charge in [-0.3, -0.25) is 14.2 Å². The fourth-order valence-corrected chi connectivity index (χ4v) is 5.13. The minimum absolute atomic E-state index is 0.0476. The average Bonchev–Trinajstić information content (AvgIpc) is 2.98. The van der Waals surface area contributed by atoms with Crippen molar-refractivity contribution in [3.8, 4) is 0 Å². The number of rotatable bonds is 8. The summed E-state index contributed by atoms with van der Waals surface area (Å²) in [6.07, 6.45) is 1.62. The zero-order valence-corrected chi connectivity index (χ0v) is 18.7. The highest BCUT2D eigenvalue weighted by Crippen LogP contribution is 2.29. The summed E-state index contributed by atoms with van der Waals surface area (Å²) in [7, 11) is 0. The molecular formula is C20H19F2N3O2S3. The summed E-state index contributed by atoms with van der Waals surface area (Å²) >= 11 is 3.07. The first-order valence-corrected chi connectivity index (χ1v) is 11.6. The number of nitrogens with one attached hydrogen (secondary N) is 1. The number of carbonyl (C=O) groups excluding carboxylic acids is 1. The third-order valence-corrected chi connectivity index (χ3v) is 7.06. The molecule has 0 aliphatic rings. The summed E-state index contributed by atoms with van der Waals surface area (Å²) in [5.41, 5.74) is 1.29. The second-order valence-corrected chi connectivity index (χ2v) is 9.51. The first kappa shape index (κ1) is 22.5. The Morgan fingerprint density at radius 2 is 2.03 bits per heavy atom. The molecule has 10 heteroatoms. The standard InChI is InChI=1S/C20H19F2N3O2S3/c1-4-9-25-18(27)16-11(2)12(3)29-17(16)24-20(25)28-10-15(26)23-13-5-7-14(8-6-13)30-19(21)22/h4-8,19H,1,9-10H2,2-3H3,(H,23,26). The summed E-state index contributed by atoms with van der Waals surface area (Å²) in [4.78, 5) is 32.0. The maximum Gasteiger partial charge on any atom is 0.288 e. The Morgan fingerprint density at radius 3 is 2.67 bits per heavy atom. The van der Waals surface area contributed by atoms with Crippen LogP contribution in [0.5, 0.6) is 0 Å². The van der Waals surface area contributed by atoms with E-state index in [9.17, 15) is 18.4 Å². The summed E-state index contributed by atoms with van der Waals surface area (Å²) in [6.45, 7) is 7.85. The van der Waals surface area contributed by atoms with Crippen molar-refractivity contribution in [1.82, 2.24) is 9.55 Å². The number of amides is 1. The van der Waals surface area contributed by atoms with E-state index in [1.807, 2.05) is 13.8 Å². The summed E-state index contributed by atoms with van der Waals surface area (Å²) in [6, 6.07) is 6.20. The van der Waals surface area contributed by atoms with E-state index < -0.39 is 5.76 Å². The van der Waals surface area contributed by atoms with Gasteiger partial charge in [0.1, 0.15) is 4.83 Å². The molecule has 5 nitrogen and oxygen atoms in total. The van der Waals surface area contributed by atoms with Crippen molar-refractivity contribution < 1.29 is 13.6 Å². The molecule has 3 aromatic rings. The largest absolute Gasteiger partial charge is 0.325 e. The molecule has 3 rings (SSSR count). The Hall–Kier alpha value is -2.17. The minimum Gasteiger partial charge on any atom is -0.325 e. The lowest BCUT2D eigenvalue weighted by Crippen LogP contribution is -2.23. The van der Waals surface area contributed by atoms with Crippen molar-refractivity contribution in [1.29, 1.82) is 0 Å². The van der Waals surface area contributed by atoms with Crippen molar-refractivity contribution >= 4 is 56.7 Å². The molecule has 0 fully saturated rings. The lowest BCUT2D eigenvalue weighted by atomic mass is 10.2. The van der Waals surface area contributed by atoms with Crippen LogP contribution in [0.3, 0.4) is 0 Å². The van der Waals surface area contributed by atoms with E-state index in [-0.39, 0.29) is 17.2 Å². The molecule has 1 aromatic carbocycles. The Balaban J connectivity index is 1.74. The van der Waals surface area contributed by atoms with Crippen LogP contribution in [0.1, 0.15) is 10.4 Å². The Morgan fingerprint density at radius 1 is 1.33 bits per heavy atom. The molecule has 0 unspecified atom stereocenters. The molecule has 2 heterocycles. The number of benzene rings is 1. The predicted molar refractivity (Wildman–Crippen MR) is 121 cm³/mol. The van der Waals surface area contributed by atoms with Crippen LogP contribution in [0.2, 0.25) is 0 Å². The number of nitrogens with zero attached hydrogens (tertiary/aromatic N) is 2. The molecule has 0 spiro atoms. The molecular weight excluding hydrogens is 448 g/mol. The van der Waals surface area contributed by atoms with E-state index in [1.54, 1.807) is 18.2 Å². The Labute approximate surface area is 184 Å². The van der Waals surface area contributed by atoms with Crippen molar-refractivity contribution in [2.75, 3.05) is 11.1 Å². The predicted octanol–water partition coefficient (Wildman–Crippen LogP) is 5.31. The number of hydrogen-bond donors (Lipinski definition) is 1. The number of anilines is 1. The van der Waals surface area contributed by atoms with Crippen LogP contribution in [-0.2, 0) is 11.3 Å². The van der Waals surface area contributed by atoms with Crippen LogP contribution in [0, 0.1) is 13.8 Å². The lowest BCUT2D eigenvalue weighted by Gasteiger charge is -2.10. The Bertz CT molecular complexity index is 1140. The molecule has 0 radical (unpaired) electrons. The molecule has 0 atom stereocenters. The molecule has 0 aliphatic heterocycles. The van der Waals surface area contributed by atoms with Crippen LogP contribution < -0.4 is 10.9 Å². The number of aromatic nitrogens is 2. The number of halogens is 2. The molecule has 30 heavy (non-hydrogen) atoms. The number of alkyl halides is 2. The fourth-order valence-electron chi connectivity index (χ4n) is 2.76. The third kappa shape index (κ3) is 5.11. The number of allylic oxidation sites excluding steroid dienone is 1. The summed E-state index contributed by atoms with van der Waals surface area (Å²) in [5, 5.41) is 3.78. The molecule has 1 amide bonds. The van der Waals surface area contributed by atoms with Crippen LogP contribution >= 0.6 is 34.9 Å². The van der Waals surface area contributed by atoms with E-state index >= 15 is 0 Å². The van der Waals surface area contributed by atoms with Gasteiger partial charge in [0.2, 0.25) is 5.91 Å². The van der Waals surface area contributed by atoms with Gasteiger partial charge >= 0.3 is 0 Å². The molecule has 0 bridgehead atoms. The van der Waals surface area contributed by atoms with Gasteiger partial charge in [-0.2, -0.15) is 8.78 Å². The van der Waals surface area contributed by atoms with Gasteiger partial charge in [-0.05, 0) is 43.7 Å². The van der Waals surface area contributed by atoms with Crippen molar-refractivity contribution in [3.05, 3.63) is 57.7 Å². The monoisotopic (exact) mass is 467 g/mol. The van der Waals surface area contributed by atoms with Gasteiger partial charge in [0.25, 0.3) is 11.3 Å². The number of hydrogen-bond acceptors (Lipinski definition) is 6. The van der Waals surface area contributed by atoms with Gasteiger partial charge in [0, 0.05) is 22.0 Å². The zero-order chi connectivity index (χ0) is 21.8. The second kappa shape index (κ2) is 9.76. The van der Waals surface area contributed by atoms with E-state index in [4.69, 9.17) is 0 Å². The SMILES string of the molecule is C=CCn1c(SCC(=O)Nc2ccc(SC(F)F)cc2)nc2sc(C)c(C)c2c1=O. The van der Waals surface area contributed by atoms with Gasteiger partial charge < -0.3 is 5.32 Å². The number of carbonyl (C=O) groups is 1. The van der Waals surface area contributed by atoms with Crippen molar-refractivity contribution in [2.45, 2.75) is 36.2 Å². The number of thioether (sulfide) groups is 2. The molecule has 1 N–H and O–H groups in total. The number of aryl methyl sites for hydroxylation is 2. The highest BCUT2D eigenvalue weighted by molar-refractivity contribution is 8.00. The first-order chi connectivity index (χ1) is 14.3. The maximum absolute atomic E-state index is 12.9. The highest BCUT2D eigenvalue weighted by Gasteiger charge is 2.17. The van der Waals surface area contributed by atoms with Gasteiger partial charge in [0.15, 0.2) is 5.16 Å². The molecule has 0 saturated carbocycles. The third-order valence-electron chi connectivity index (χ3n) is 4.26. The van der Waals surface area contributed by atoms with Crippen LogP contribution in [0.4, 0.5) is 14.5 Å². The first-order valence-electron chi connectivity index (χ1n) is 8.89.